The van der Waals surface area contributed by atoms with Crippen LogP contribution in [0.25, 0.3) is 5.70 Å². The van der Waals surface area contributed by atoms with Gasteiger partial charge in [-0.2, -0.15) is 0 Å². The molecule has 33 heavy (non-hydrogen) atoms. The Bertz CT molecular complexity index is 888. The standard InChI is InChI=1S/C21H35N4O6PS/c1-7-29-19(26)13(5)24-32(28,25-14(6)20(27)30-8-2)17-10-9-15(31-17)18-16(11-12(3)4)33-21(22)23-18/h9-10,12-14,21,23H,7-8,11,22H2,1-6H3,(H2,24,25,28)/t13-,14?,21?,32?/m1/s1. The summed E-state index contributed by atoms with van der Waals surface area (Å²) in [6.07, 6.45) is 0.810. The minimum atomic E-state index is -3.78. The fraction of sp³-hybridized carbons (Fsp3) is 0.619. The lowest BCUT2D eigenvalue weighted by atomic mass is 10.1. The van der Waals surface area contributed by atoms with E-state index in [1.807, 2.05) is 0 Å². The van der Waals surface area contributed by atoms with Crippen LogP contribution in [0.1, 0.15) is 53.7 Å². The molecule has 0 amide bonds. The molecule has 0 radical (unpaired) electrons. The van der Waals surface area contributed by atoms with E-state index in [2.05, 4.69) is 29.3 Å². The van der Waals surface area contributed by atoms with Crippen molar-refractivity contribution < 1.29 is 28.0 Å². The third-order valence-electron chi connectivity index (χ3n) is 4.61. The van der Waals surface area contributed by atoms with Crippen LogP contribution in [-0.2, 0) is 23.6 Å². The minimum Gasteiger partial charge on any atom is -0.465 e. The quantitative estimate of drug-likeness (QED) is 0.247. The Kier molecular flexibility index (Phi) is 10.1. The van der Waals surface area contributed by atoms with Gasteiger partial charge >= 0.3 is 11.9 Å². The van der Waals surface area contributed by atoms with Crippen LogP contribution in [0.4, 0.5) is 0 Å². The highest BCUT2D eigenvalue weighted by molar-refractivity contribution is 8.04. The largest absolute Gasteiger partial charge is 0.465 e. The average molecular weight is 503 g/mol. The Labute approximate surface area is 199 Å². The first-order valence-corrected chi connectivity index (χ1v) is 13.6. The second-order valence-electron chi connectivity index (χ2n) is 8.03. The van der Waals surface area contributed by atoms with Gasteiger partial charge in [-0.25, -0.2) is 10.2 Å². The number of thioether (sulfide) groups is 1. The van der Waals surface area contributed by atoms with E-state index in [0.717, 1.165) is 17.0 Å². The fourth-order valence-electron chi connectivity index (χ4n) is 3.18. The maximum Gasteiger partial charge on any atom is 0.323 e. The summed E-state index contributed by atoms with van der Waals surface area (Å²) in [7, 11) is -3.78. The van der Waals surface area contributed by atoms with Gasteiger partial charge in [-0.15, -0.1) is 0 Å². The van der Waals surface area contributed by atoms with Crippen LogP contribution in [0.2, 0.25) is 0 Å². The predicted octanol–water partition coefficient (Wildman–Crippen LogP) is 2.47. The second-order valence-corrected chi connectivity index (χ2v) is 11.4. The third-order valence-corrected chi connectivity index (χ3v) is 8.00. The molecule has 12 heteroatoms. The minimum absolute atomic E-state index is 0.0634. The van der Waals surface area contributed by atoms with E-state index in [-0.39, 0.29) is 24.2 Å². The monoisotopic (exact) mass is 502 g/mol. The Hall–Kier alpha value is -1.78. The van der Waals surface area contributed by atoms with Gasteiger partial charge in [0.15, 0.2) is 11.3 Å². The molecule has 3 unspecified atom stereocenters. The summed E-state index contributed by atoms with van der Waals surface area (Å²) < 4.78 is 30.0. The summed E-state index contributed by atoms with van der Waals surface area (Å²) in [5.41, 5.74) is 6.57. The van der Waals surface area contributed by atoms with Crippen LogP contribution >= 0.6 is 19.2 Å². The molecule has 186 valence electrons. The number of esters is 2. The van der Waals surface area contributed by atoms with Crippen LogP contribution in [0.3, 0.4) is 0 Å². The highest BCUT2D eigenvalue weighted by Gasteiger charge is 2.37. The maximum absolute atomic E-state index is 14.0. The topological polar surface area (TPSA) is 145 Å². The zero-order valence-electron chi connectivity index (χ0n) is 20.0. The summed E-state index contributed by atoms with van der Waals surface area (Å²) in [5.74, 6) is -0.263. The van der Waals surface area contributed by atoms with Crippen molar-refractivity contribution in [1.82, 2.24) is 15.5 Å². The fourth-order valence-corrected chi connectivity index (χ4v) is 6.51. The number of carbonyl (C=O) groups is 2. The zero-order valence-corrected chi connectivity index (χ0v) is 21.7. The zero-order chi connectivity index (χ0) is 24.8. The van der Waals surface area contributed by atoms with Crippen LogP contribution in [0.15, 0.2) is 21.5 Å². The number of nitrogens with one attached hydrogen (secondary N) is 3. The molecule has 0 saturated heterocycles. The SMILES string of the molecule is CCOC(=O)C(C)NP(=O)(N[C@H](C)C(=O)OCC)c1ccc(C2=C(CC(C)C)SC(N)N2)o1. The van der Waals surface area contributed by atoms with Gasteiger partial charge in [0, 0.05) is 4.91 Å². The van der Waals surface area contributed by atoms with Gasteiger partial charge in [0.2, 0.25) is 0 Å². The highest BCUT2D eigenvalue weighted by Crippen LogP contribution is 2.41. The first-order chi connectivity index (χ1) is 15.5. The van der Waals surface area contributed by atoms with E-state index in [9.17, 15) is 14.2 Å². The first kappa shape index (κ1) is 27.5. The van der Waals surface area contributed by atoms with Gasteiger partial charge < -0.3 is 24.9 Å². The van der Waals surface area contributed by atoms with Crippen LogP contribution in [0, 0.1) is 5.92 Å². The summed E-state index contributed by atoms with van der Waals surface area (Å²) in [6, 6.07) is 1.41. The van der Waals surface area contributed by atoms with Crippen LogP contribution in [0.5, 0.6) is 0 Å². The number of ether oxygens (including phenoxy) is 2. The maximum atomic E-state index is 14.0. The van der Waals surface area contributed by atoms with Crippen molar-refractivity contribution in [2.24, 2.45) is 11.7 Å². The molecule has 2 rings (SSSR count). The summed E-state index contributed by atoms with van der Waals surface area (Å²) >= 11 is 1.52. The van der Waals surface area contributed by atoms with E-state index in [1.165, 1.54) is 25.6 Å². The number of furan rings is 1. The molecule has 1 aromatic rings. The first-order valence-electron chi connectivity index (χ1n) is 11.0. The van der Waals surface area contributed by atoms with Gasteiger partial charge in [-0.3, -0.25) is 14.2 Å². The summed E-state index contributed by atoms with van der Waals surface area (Å²) in [4.78, 5) is 25.4. The molecule has 0 aromatic carbocycles. The molecule has 0 saturated carbocycles. The normalized spacial score (nSPS) is 19.7. The smallest absolute Gasteiger partial charge is 0.323 e. The van der Waals surface area contributed by atoms with Crippen molar-refractivity contribution in [2.75, 3.05) is 13.2 Å². The Morgan fingerprint density at radius 2 is 1.67 bits per heavy atom. The van der Waals surface area contributed by atoms with Crippen molar-refractivity contribution >= 4 is 42.3 Å². The average Bonchev–Trinajstić information content (AvgIpc) is 3.34. The highest BCUT2D eigenvalue weighted by atomic mass is 32.2. The molecular weight excluding hydrogens is 467 g/mol. The lowest BCUT2D eigenvalue weighted by Gasteiger charge is -2.24. The van der Waals surface area contributed by atoms with Gasteiger partial charge in [-0.1, -0.05) is 25.6 Å². The molecule has 4 atom stereocenters. The molecule has 5 N–H and O–H groups in total. The van der Waals surface area contributed by atoms with E-state index in [4.69, 9.17) is 19.6 Å². The molecule has 2 heterocycles. The van der Waals surface area contributed by atoms with Gasteiger partial charge in [0.05, 0.1) is 18.9 Å². The van der Waals surface area contributed by atoms with E-state index < -0.39 is 31.5 Å². The molecule has 10 nitrogen and oxygen atoms in total. The van der Waals surface area contributed by atoms with E-state index >= 15 is 0 Å². The van der Waals surface area contributed by atoms with E-state index in [0.29, 0.717) is 11.7 Å². The van der Waals surface area contributed by atoms with E-state index in [1.54, 1.807) is 26.0 Å². The Morgan fingerprint density at radius 3 is 2.15 bits per heavy atom. The van der Waals surface area contributed by atoms with Crippen LogP contribution in [-0.4, -0.2) is 42.7 Å². The molecule has 1 aromatic heterocycles. The van der Waals surface area contributed by atoms with Crippen molar-refractivity contribution in [3.05, 3.63) is 22.8 Å². The van der Waals surface area contributed by atoms with Crippen molar-refractivity contribution in [2.45, 2.75) is 65.5 Å². The molecular formula is C21H35N4O6PS. The molecule has 1 aliphatic rings. The molecule has 1 aliphatic heterocycles. The summed E-state index contributed by atoms with van der Waals surface area (Å²) in [6.45, 7) is 11.0. The number of hydrogen-bond acceptors (Lipinski definition) is 9. The molecule has 0 aliphatic carbocycles. The number of nitrogens with two attached hydrogens (primary N) is 1. The van der Waals surface area contributed by atoms with Gasteiger partial charge in [0.25, 0.3) is 7.44 Å². The Morgan fingerprint density at radius 1 is 1.12 bits per heavy atom. The second kappa shape index (κ2) is 12.1. The number of carbonyl (C=O) groups excluding carboxylic acids is 2. The summed E-state index contributed by atoms with van der Waals surface area (Å²) in [5, 5.41) is 8.75. The lowest BCUT2D eigenvalue weighted by Crippen LogP contribution is -2.44. The van der Waals surface area contributed by atoms with Crippen molar-refractivity contribution in [3.63, 3.8) is 0 Å². The molecule has 0 spiro atoms. The Balaban J connectivity index is 2.39. The lowest BCUT2D eigenvalue weighted by molar-refractivity contribution is -0.145. The van der Waals surface area contributed by atoms with Gasteiger partial charge in [-0.05, 0) is 52.2 Å². The number of rotatable bonds is 12. The van der Waals surface area contributed by atoms with Crippen molar-refractivity contribution in [1.29, 1.82) is 0 Å². The molecule has 0 fully saturated rings. The van der Waals surface area contributed by atoms with Crippen molar-refractivity contribution in [3.8, 4) is 0 Å². The third kappa shape index (κ3) is 7.35. The number of hydrogen-bond donors (Lipinski definition) is 4. The van der Waals surface area contributed by atoms with Crippen LogP contribution < -0.4 is 26.7 Å². The number of allylic oxidation sites excluding steroid dienone is 1. The predicted molar refractivity (Wildman–Crippen MR) is 129 cm³/mol. The molecule has 0 bridgehead atoms. The van der Waals surface area contributed by atoms with Gasteiger partial charge in [0.1, 0.15) is 17.6 Å².